The van der Waals surface area contributed by atoms with Crippen molar-refractivity contribution in [1.82, 2.24) is 9.58 Å². The van der Waals surface area contributed by atoms with Crippen molar-refractivity contribution in [2.75, 3.05) is 31.9 Å². The Morgan fingerprint density at radius 3 is 2.45 bits per heavy atom. The molecule has 4 rings (SSSR count). The number of carboxylic acid groups (broad SMARTS) is 1. The van der Waals surface area contributed by atoms with Crippen LogP contribution in [0.2, 0.25) is 0 Å². The number of carbonyl (C=O) groups excluding carboxylic acids is 1. The fourth-order valence-corrected chi connectivity index (χ4v) is 3.90. The third-order valence-corrected chi connectivity index (χ3v) is 5.54. The lowest BCUT2D eigenvalue weighted by Gasteiger charge is -2.40. The molecule has 1 amide bonds. The molecule has 1 aliphatic heterocycles. The van der Waals surface area contributed by atoms with Crippen molar-refractivity contribution in [3.8, 4) is 16.9 Å². The zero-order valence-electron chi connectivity index (χ0n) is 18.0. The lowest BCUT2D eigenvalue weighted by Crippen LogP contribution is -2.54. The summed E-state index contributed by atoms with van der Waals surface area (Å²) in [6.07, 6.45) is 1.09. The van der Waals surface area contributed by atoms with Crippen molar-refractivity contribution in [2.45, 2.75) is 6.54 Å². The highest BCUT2D eigenvalue weighted by atomic mass is 16.5. The number of rotatable bonds is 7. The largest absolute Gasteiger partial charge is 0.502 e. The molecule has 9 heteroatoms. The minimum atomic E-state index is -1.48. The van der Waals surface area contributed by atoms with E-state index in [0.29, 0.717) is 0 Å². The predicted molar refractivity (Wildman–Crippen MR) is 121 cm³/mol. The summed E-state index contributed by atoms with van der Waals surface area (Å²) in [5.41, 5.74) is 0.918. The minimum Gasteiger partial charge on any atom is -0.502 e. The Morgan fingerprint density at radius 2 is 1.76 bits per heavy atom. The number of aromatic nitrogens is 1. The number of nitrogens with zero attached hydrogens (tertiary/aromatic N) is 3. The first-order valence-corrected chi connectivity index (χ1v) is 10.3. The summed E-state index contributed by atoms with van der Waals surface area (Å²) in [5.74, 6) is -2.95. The highest BCUT2D eigenvalue weighted by Crippen LogP contribution is 2.27. The van der Waals surface area contributed by atoms with E-state index in [2.05, 4.69) is 0 Å². The van der Waals surface area contributed by atoms with Crippen LogP contribution in [0.15, 0.2) is 65.6 Å². The molecule has 0 bridgehead atoms. The number of ether oxygens (including phenoxy) is 1. The molecule has 33 heavy (non-hydrogen) atoms. The molecular formula is C24H23N3O6. The summed E-state index contributed by atoms with van der Waals surface area (Å²) < 4.78 is 6.37. The second kappa shape index (κ2) is 9.17. The van der Waals surface area contributed by atoms with Gasteiger partial charge in [-0.25, -0.2) is 4.79 Å². The molecule has 0 aliphatic carbocycles. The van der Waals surface area contributed by atoms with Gasteiger partial charge in [-0.05, 0) is 16.7 Å². The van der Waals surface area contributed by atoms with E-state index < -0.39 is 28.6 Å². The lowest BCUT2D eigenvalue weighted by molar-refractivity contribution is 0.0613. The first-order valence-electron chi connectivity index (χ1n) is 10.3. The van der Waals surface area contributed by atoms with E-state index in [1.54, 1.807) is 5.01 Å². The van der Waals surface area contributed by atoms with Gasteiger partial charge in [0.05, 0.1) is 13.2 Å². The van der Waals surface area contributed by atoms with Crippen LogP contribution < -0.4 is 10.4 Å². The molecule has 2 N–H and O–H groups in total. The number of methoxy groups -OCH3 is 1. The molecule has 0 fully saturated rings. The van der Waals surface area contributed by atoms with Gasteiger partial charge in [-0.1, -0.05) is 54.6 Å². The Labute approximate surface area is 189 Å². The second-order valence-corrected chi connectivity index (χ2v) is 7.61. The van der Waals surface area contributed by atoms with Crippen LogP contribution in [0.1, 0.15) is 26.4 Å². The fraction of sp³-hybridized carbons (Fsp3) is 0.208. The van der Waals surface area contributed by atoms with Crippen LogP contribution >= 0.6 is 0 Å². The smallest absolute Gasteiger partial charge is 0.341 e. The van der Waals surface area contributed by atoms with E-state index in [-0.39, 0.29) is 32.1 Å². The Balaban J connectivity index is 1.83. The maximum Gasteiger partial charge on any atom is 0.341 e. The van der Waals surface area contributed by atoms with Gasteiger partial charge in [0, 0.05) is 19.9 Å². The van der Waals surface area contributed by atoms with Crippen LogP contribution in [0.3, 0.4) is 0 Å². The summed E-state index contributed by atoms with van der Waals surface area (Å²) in [6.45, 7) is 0.898. The van der Waals surface area contributed by atoms with E-state index in [9.17, 15) is 24.6 Å². The third-order valence-electron chi connectivity index (χ3n) is 5.54. The van der Waals surface area contributed by atoms with Gasteiger partial charge in [0.1, 0.15) is 12.2 Å². The molecule has 9 nitrogen and oxygen atoms in total. The van der Waals surface area contributed by atoms with Gasteiger partial charge < -0.3 is 19.8 Å². The van der Waals surface area contributed by atoms with Crippen LogP contribution in [-0.4, -0.2) is 58.6 Å². The van der Waals surface area contributed by atoms with Gasteiger partial charge in [-0.3, -0.25) is 19.3 Å². The van der Waals surface area contributed by atoms with E-state index in [0.717, 1.165) is 22.9 Å². The quantitative estimate of drug-likeness (QED) is 0.568. The van der Waals surface area contributed by atoms with Gasteiger partial charge in [0.25, 0.3) is 5.91 Å². The number of aromatic carboxylic acids is 1. The van der Waals surface area contributed by atoms with E-state index in [4.69, 9.17) is 4.74 Å². The predicted octanol–water partition coefficient (Wildman–Crippen LogP) is 2.12. The molecule has 3 aromatic rings. The third kappa shape index (κ3) is 4.18. The Kier molecular flexibility index (Phi) is 6.14. The summed E-state index contributed by atoms with van der Waals surface area (Å²) in [7, 11) is 1.51. The Hall–Kier alpha value is -4.11. The van der Waals surface area contributed by atoms with Crippen LogP contribution in [-0.2, 0) is 11.3 Å². The van der Waals surface area contributed by atoms with E-state index in [1.807, 2.05) is 54.6 Å². The van der Waals surface area contributed by atoms with Crippen LogP contribution in [0, 0.1) is 0 Å². The molecule has 1 aromatic heterocycles. The van der Waals surface area contributed by atoms with Gasteiger partial charge in [0.2, 0.25) is 5.43 Å². The van der Waals surface area contributed by atoms with Gasteiger partial charge in [0.15, 0.2) is 11.4 Å². The van der Waals surface area contributed by atoms with Crippen LogP contribution in [0.25, 0.3) is 11.1 Å². The standard InChI is InChI=1S/C24H23N3O6/c1-33-12-11-25-15-26(13-17-9-5-6-10-18(17)16-7-3-2-4-8-16)27-14-19(24(31)32)21(28)22(29)20(27)23(25)30/h2-10,14,29H,11-13,15H2,1H3,(H,31,32). The molecule has 0 radical (unpaired) electrons. The number of pyridine rings is 1. The van der Waals surface area contributed by atoms with Crippen molar-refractivity contribution >= 4 is 11.9 Å². The van der Waals surface area contributed by atoms with Gasteiger partial charge in [-0.2, -0.15) is 0 Å². The molecule has 1 aliphatic rings. The summed E-state index contributed by atoms with van der Waals surface area (Å²) >= 11 is 0. The Bertz CT molecular complexity index is 1250. The summed E-state index contributed by atoms with van der Waals surface area (Å²) in [6, 6.07) is 17.5. The first kappa shape index (κ1) is 22.1. The molecular weight excluding hydrogens is 426 g/mol. The number of benzene rings is 2. The first-order chi connectivity index (χ1) is 15.9. The molecule has 0 atom stereocenters. The number of amides is 1. The highest BCUT2D eigenvalue weighted by molar-refractivity contribution is 5.97. The molecule has 0 saturated heterocycles. The second-order valence-electron chi connectivity index (χ2n) is 7.61. The molecule has 2 heterocycles. The lowest BCUT2D eigenvalue weighted by atomic mass is 9.99. The average Bonchev–Trinajstić information content (AvgIpc) is 2.82. The zero-order chi connectivity index (χ0) is 23.5. The SMILES string of the molecule is COCCN1CN(Cc2ccccc2-c2ccccc2)n2cc(C(=O)O)c(=O)c(O)c2C1=O. The number of carboxylic acids is 1. The number of hydrogen-bond acceptors (Lipinski definition) is 6. The normalized spacial score (nSPS) is 13.2. The van der Waals surface area contributed by atoms with Crippen molar-refractivity contribution in [2.24, 2.45) is 0 Å². The van der Waals surface area contributed by atoms with Crippen molar-refractivity contribution < 1.29 is 24.5 Å². The topological polar surface area (TPSA) is 112 Å². The molecule has 2 aromatic carbocycles. The monoisotopic (exact) mass is 449 g/mol. The summed E-state index contributed by atoms with van der Waals surface area (Å²) in [4.78, 5) is 38.5. The van der Waals surface area contributed by atoms with E-state index >= 15 is 0 Å². The maximum atomic E-state index is 13.0. The number of hydrogen-bond donors (Lipinski definition) is 2. The highest BCUT2D eigenvalue weighted by Gasteiger charge is 2.34. The number of fused-ring (bicyclic) bond motifs is 1. The van der Waals surface area contributed by atoms with Crippen molar-refractivity contribution in [3.05, 3.63) is 87.8 Å². The average molecular weight is 449 g/mol. The van der Waals surface area contributed by atoms with E-state index in [1.165, 1.54) is 16.7 Å². The number of carbonyl (C=O) groups is 2. The Morgan fingerprint density at radius 1 is 1.06 bits per heavy atom. The summed E-state index contributed by atoms with van der Waals surface area (Å²) in [5, 5.41) is 21.6. The zero-order valence-corrected chi connectivity index (χ0v) is 18.0. The maximum absolute atomic E-state index is 13.0. The number of aromatic hydroxyl groups is 1. The molecule has 0 unspecified atom stereocenters. The molecule has 0 spiro atoms. The van der Waals surface area contributed by atoms with Gasteiger partial charge >= 0.3 is 5.97 Å². The van der Waals surface area contributed by atoms with Crippen LogP contribution in [0.5, 0.6) is 5.75 Å². The van der Waals surface area contributed by atoms with Gasteiger partial charge in [-0.15, -0.1) is 0 Å². The minimum absolute atomic E-state index is 0.111. The van der Waals surface area contributed by atoms with Crippen molar-refractivity contribution in [3.63, 3.8) is 0 Å². The van der Waals surface area contributed by atoms with Crippen molar-refractivity contribution in [1.29, 1.82) is 0 Å². The molecule has 0 saturated carbocycles. The fourth-order valence-electron chi connectivity index (χ4n) is 3.90. The molecule has 170 valence electrons. The van der Waals surface area contributed by atoms with Crippen LogP contribution in [0.4, 0.5) is 0 Å².